The molecule has 1 atom stereocenters. The van der Waals surface area contributed by atoms with E-state index in [1.165, 1.54) is 20.5 Å². The maximum atomic E-state index is 12.9. The quantitative estimate of drug-likeness (QED) is 0.836. The van der Waals surface area contributed by atoms with E-state index >= 15 is 0 Å². The van der Waals surface area contributed by atoms with Crippen LogP contribution < -0.4 is 14.8 Å². The van der Waals surface area contributed by atoms with E-state index in [0.717, 1.165) is 0 Å². The number of aromatic nitrogens is 2. The average molecular weight is 350 g/mol. The fourth-order valence-corrected chi connectivity index (χ4v) is 3.25. The minimum absolute atomic E-state index is 0.0814. The number of likely N-dealkylation sites (tertiary alicyclic amines) is 1. The number of hydrogen-bond acceptors (Lipinski definition) is 7. The number of nitrogens with one attached hydrogen (secondary N) is 1. The van der Waals surface area contributed by atoms with Gasteiger partial charge in [-0.3, -0.25) is 9.59 Å². The summed E-state index contributed by atoms with van der Waals surface area (Å²) in [5.74, 6) is 0.00444. The fraction of sp³-hybridized carbons (Fsp3) is 0.625. The highest BCUT2D eigenvalue weighted by Gasteiger charge is 2.47. The number of rotatable bonds is 4. The summed E-state index contributed by atoms with van der Waals surface area (Å²) in [5, 5.41) is 2.94. The number of amides is 2. The zero-order valence-corrected chi connectivity index (χ0v) is 14.6. The number of nitrogens with zero attached hydrogens (tertiary/aromatic N) is 3. The molecular weight excluding hydrogens is 328 g/mol. The summed E-state index contributed by atoms with van der Waals surface area (Å²) in [4.78, 5) is 34.5. The Morgan fingerprint density at radius 3 is 2.40 bits per heavy atom. The molecule has 9 nitrogen and oxygen atoms in total. The molecule has 1 aromatic rings. The van der Waals surface area contributed by atoms with Crippen LogP contribution in [0.1, 0.15) is 36.5 Å². The molecule has 1 unspecified atom stereocenters. The largest absolute Gasteiger partial charge is 0.480 e. The van der Waals surface area contributed by atoms with Crippen molar-refractivity contribution in [1.29, 1.82) is 0 Å². The second kappa shape index (κ2) is 6.83. The molecule has 1 aromatic heterocycles. The van der Waals surface area contributed by atoms with Gasteiger partial charge in [0.05, 0.1) is 14.2 Å². The van der Waals surface area contributed by atoms with Crippen molar-refractivity contribution in [2.24, 2.45) is 0 Å². The minimum Gasteiger partial charge on any atom is -0.480 e. The highest BCUT2D eigenvalue weighted by molar-refractivity contribution is 5.98. The van der Waals surface area contributed by atoms with Crippen molar-refractivity contribution >= 4 is 11.8 Å². The average Bonchev–Trinajstić information content (AvgIpc) is 2.96. The monoisotopic (exact) mass is 350 g/mol. The molecule has 0 bridgehead atoms. The Bertz CT molecular complexity index is 650. The molecule has 136 valence electrons. The fourth-order valence-electron chi connectivity index (χ4n) is 3.25. The predicted molar refractivity (Wildman–Crippen MR) is 86.3 cm³/mol. The number of piperidine rings is 1. The third-order valence-corrected chi connectivity index (χ3v) is 4.62. The van der Waals surface area contributed by atoms with Crippen LogP contribution in [0.25, 0.3) is 0 Å². The number of carbonyl (C=O) groups is 2. The van der Waals surface area contributed by atoms with Crippen LogP contribution in [0.2, 0.25) is 0 Å². The Morgan fingerprint density at radius 2 is 1.92 bits per heavy atom. The van der Waals surface area contributed by atoms with Gasteiger partial charge in [-0.05, 0) is 6.42 Å². The zero-order valence-electron chi connectivity index (χ0n) is 14.6. The lowest BCUT2D eigenvalue weighted by Crippen LogP contribution is -2.53. The molecule has 2 aliphatic rings. The van der Waals surface area contributed by atoms with Gasteiger partial charge >= 0.3 is 0 Å². The van der Waals surface area contributed by atoms with Crippen LogP contribution in [-0.2, 0) is 9.53 Å². The Kier molecular flexibility index (Phi) is 4.76. The molecule has 3 rings (SSSR count). The molecule has 1 spiro atoms. The predicted octanol–water partition coefficient (Wildman–Crippen LogP) is 0.351. The van der Waals surface area contributed by atoms with Crippen molar-refractivity contribution in [3.63, 3.8) is 0 Å². The standard InChI is InChI=1S/C16H22N4O5/c1-4-10-12(21)19-16(25-10)5-7-20(8-6-16)15(22)11-13(23-2)17-9-18-14(11)24-3/h9-10H,4-8H2,1-3H3,(H,19,21). The van der Waals surface area contributed by atoms with Crippen LogP contribution in [0.15, 0.2) is 6.33 Å². The molecule has 9 heteroatoms. The Hall–Kier alpha value is -2.42. The third-order valence-electron chi connectivity index (χ3n) is 4.62. The van der Waals surface area contributed by atoms with Crippen LogP contribution >= 0.6 is 0 Å². The van der Waals surface area contributed by atoms with E-state index in [1.54, 1.807) is 4.90 Å². The lowest BCUT2D eigenvalue weighted by Gasteiger charge is -2.38. The maximum absolute atomic E-state index is 12.9. The second-order valence-electron chi connectivity index (χ2n) is 6.06. The highest BCUT2D eigenvalue weighted by atomic mass is 16.5. The van der Waals surface area contributed by atoms with Crippen LogP contribution in [0.5, 0.6) is 11.8 Å². The SMILES string of the molecule is CCC1OC2(CCN(C(=O)c3c(OC)ncnc3OC)CC2)NC1=O. The summed E-state index contributed by atoms with van der Waals surface area (Å²) in [6.45, 7) is 2.80. The van der Waals surface area contributed by atoms with Crippen LogP contribution in [-0.4, -0.2) is 65.8 Å². The molecule has 3 heterocycles. The molecule has 0 aromatic carbocycles. The second-order valence-corrected chi connectivity index (χ2v) is 6.06. The van der Waals surface area contributed by atoms with Gasteiger partial charge in [0.15, 0.2) is 5.56 Å². The van der Waals surface area contributed by atoms with Gasteiger partial charge in [-0.1, -0.05) is 6.92 Å². The highest BCUT2D eigenvalue weighted by Crippen LogP contribution is 2.33. The molecular formula is C16H22N4O5. The van der Waals surface area contributed by atoms with E-state index < -0.39 is 11.8 Å². The van der Waals surface area contributed by atoms with E-state index in [-0.39, 0.29) is 29.1 Å². The number of hydrogen-bond donors (Lipinski definition) is 1. The minimum atomic E-state index is -0.671. The van der Waals surface area contributed by atoms with Crippen LogP contribution in [0.4, 0.5) is 0 Å². The lowest BCUT2D eigenvalue weighted by molar-refractivity contribution is -0.124. The van der Waals surface area contributed by atoms with Crippen molar-refractivity contribution in [2.45, 2.75) is 38.0 Å². The van der Waals surface area contributed by atoms with Crippen LogP contribution in [0.3, 0.4) is 0 Å². The zero-order chi connectivity index (χ0) is 18.0. The van der Waals surface area contributed by atoms with Crippen molar-refractivity contribution in [3.05, 3.63) is 11.9 Å². The molecule has 0 saturated carbocycles. The first kappa shape index (κ1) is 17.4. The Balaban J connectivity index is 1.74. The van der Waals surface area contributed by atoms with Crippen LogP contribution in [0, 0.1) is 0 Å². The van der Waals surface area contributed by atoms with Gasteiger partial charge in [0, 0.05) is 25.9 Å². The van der Waals surface area contributed by atoms with Gasteiger partial charge in [0.2, 0.25) is 11.8 Å². The summed E-state index contributed by atoms with van der Waals surface area (Å²) in [6, 6.07) is 0. The van der Waals surface area contributed by atoms with Crippen molar-refractivity contribution in [2.75, 3.05) is 27.3 Å². The van der Waals surface area contributed by atoms with E-state index in [0.29, 0.717) is 32.4 Å². The summed E-state index contributed by atoms with van der Waals surface area (Å²) < 4.78 is 16.3. The van der Waals surface area contributed by atoms with Gasteiger partial charge < -0.3 is 24.4 Å². The van der Waals surface area contributed by atoms with E-state index in [2.05, 4.69) is 15.3 Å². The first-order chi connectivity index (χ1) is 12.0. The number of ether oxygens (including phenoxy) is 3. The smallest absolute Gasteiger partial charge is 0.264 e. The topological polar surface area (TPSA) is 103 Å². The van der Waals surface area contributed by atoms with Crippen molar-refractivity contribution in [1.82, 2.24) is 20.2 Å². The summed E-state index contributed by atoms with van der Waals surface area (Å²) in [5.41, 5.74) is -0.470. The van der Waals surface area contributed by atoms with Gasteiger partial charge in [-0.15, -0.1) is 0 Å². The normalized spacial score (nSPS) is 22.0. The number of methoxy groups -OCH3 is 2. The molecule has 2 saturated heterocycles. The first-order valence-corrected chi connectivity index (χ1v) is 8.25. The maximum Gasteiger partial charge on any atom is 0.264 e. The van der Waals surface area contributed by atoms with Gasteiger partial charge in [-0.25, -0.2) is 9.97 Å². The molecule has 2 aliphatic heterocycles. The Morgan fingerprint density at radius 1 is 1.32 bits per heavy atom. The molecule has 0 aliphatic carbocycles. The van der Waals surface area contributed by atoms with E-state index in [4.69, 9.17) is 14.2 Å². The molecule has 0 radical (unpaired) electrons. The molecule has 25 heavy (non-hydrogen) atoms. The van der Waals surface area contributed by atoms with Gasteiger partial charge in [0.25, 0.3) is 11.8 Å². The first-order valence-electron chi connectivity index (χ1n) is 8.25. The Labute approximate surface area is 145 Å². The van der Waals surface area contributed by atoms with Crippen molar-refractivity contribution in [3.8, 4) is 11.8 Å². The summed E-state index contributed by atoms with van der Waals surface area (Å²) >= 11 is 0. The summed E-state index contributed by atoms with van der Waals surface area (Å²) in [6.07, 6.45) is 2.56. The molecule has 1 N–H and O–H groups in total. The van der Waals surface area contributed by atoms with Gasteiger partial charge in [-0.2, -0.15) is 0 Å². The van der Waals surface area contributed by atoms with Crippen molar-refractivity contribution < 1.29 is 23.8 Å². The third kappa shape index (κ3) is 3.11. The summed E-state index contributed by atoms with van der Waals surface area (Å²) in [7, 11) is 2.88. The van der Waals surface area contributed by atoms with E-state index in [9.17, 15) is 9.59 Å². The molecule has 2 fully saturated rings. The lowest BCUT2D eigenvalue weighted by atomic mass is 10.00. The van der Waals surface area contributed by atoms with E-state index in [1.807, 2.05) is 6.92 Å². The van der Waals surface area contributed by atoms with Gasteiger partial charge in [0.1, 0.15) is 18.2 Å². The number of carbonyl (C=O) groups excluding carboxylic acids is 2. The molecule has 2 amide bonds.